The SMILES string of the molecule is C=CC(=O)NCCCCOc1ccc2cc(S(=O)(=O)[O-])cc(S(=O)(=O)[O-])c2c1.[Na+].[Na+]. The second-order valence-corrected chi connectivity index (χ2v) is 8.49. The largest absolute Gasteiger partial charge is 1.00 e. The number of carbonyl (C=O) groups excluding carboxylic acids is 1. The van der Waals surface area contributed by atoms with Crippen LogP contribution in [0.4, 0.5) is 0 Å². The van der Waals surface area contributed by atoms with Gasteiger partial charge in [-0.1, -0.05) is 12.6 Å². The third-order valence-electron chi connectivity index (χ3n) is 3.74. The van der Waals surface area contributed by atoms with Gasteiger partial charge in [0.25, 0.3) is 0 Å². The van der Waals surface area contributed by atoms with E-state index in [2.05, 4.69) is 11.9 Å². The van der Waals surface area contributed by atoms with Crippen molar-refractivity contribution in [3.63, 3.8) is 0 Å². The maximum absolute atomic E-state index is 11.5. The molecule has 2 rings (SSSR count). The van der Waals surface area contributed by atoms with Crippen molar-refractivity contribution in [3.8, 4) is 5.75 Å². The van der Waals surface area contributed by atoms with Crippen molar-refractivity contribution in [2.24, 2.45) is 0 Å². The Balaban J connectivity index is 0.00000420. The van der Waals surface area contributed by atoms with E-state index in [-0.39, 0.29) is 88.2 Å². The van der Waals surface area contributed by atoms with Gasteiger partial charge in [-0.2, -0.15) is 0 Å². The second kappa shape index (κ2) is 12.5. The zero-order valence-electron chi connectivity index (χ0n) is 16.6. The predicted octanol–water partition coefficient (Wildman–Crippen LogP) is -4.88. The van der Waals surface area contributed by atoms with E-state index in [1.165, 1.54) is 18.2 Å². The summed E-state index contributed by atoms with van der Waals surface area (Å²) in [4.78, 5) is 9.39. The van der Waals surface area contributed by atoms with Crippen molar-refractivity contribution < 1.29 is 94.6 Å². The van der Waals surface area contributed by atoms with E-state index in [1.807, 2.05) is 0 Å². The van der Waals surface area contributed by atoms with Gasteiger partial charge in [-0.05, 0) is 48.6 Å². The maximum atomic E-state index is 11.5. The maximum Gasteiger partial charge on any atom is 1.00 e. The third-order valence-corrected chi connectivity index (χ3v) is 5.43. The smallest absolute Gasteiger partial charge is 0.744 e. The van der Waals surface area contributed by atoms with Crippen LogP contribution in [0.3, 0.4) is 0 Å². The van der Waals surface area contributed by atoms with Crippen LogP contribution in [0.2, 0.25) is 0 Å². The van der Waals surface area contributed by atoms with E-state index in [9.17, 15) is 30.7 Å². The Bertz CT molecular complexity index is 1120. The zero-order valence-corrected chi connectivity index (χ0v) is 22.2. The average molecular weight is 473 g/mol. The molecule has 1 N–H and O–H groups in total. The number of nitrogens with one attached hydrogen (secondary N) is 1. The molecule has 9 nitrogen and oxygen atoms in total. The number of hydrogen-bond acceptors (Lipinski definition) is 8. The Labute approximate surface area is 219 Å². The van der Waals surface area contributed by atoms with Crippen molar-refractivity contribution in [3.05, 3.63) is 43.0 Å². The number of hydrogen-bond donors (Lipinski definition) is 1. The topological polar surface area (TPSA) is 153 Å². The molecule has 0 saturated carbocycles. The molecule has 0 aliphatic heterocycles. The fraction of sp³-hybridized carbons (Fsp3) is 0.235. The Hall–Kier alpha value is -0.470. The van der Waals surface area contributed by atoms with Crippen LogP contribution >= 0.6 is 0 Å². The number of benzene rings is 2. The van der Waals surface area contributed by atoms with Gasteiger partial charge in [-0.25, -0.2) is 16.8 Å². The van der Waals surface area contributed by atoms with E-state index in [1.54, 1.807) is 0 Å². The summed E-state index contributed by atoms with van der Waals surface area (Å²) in [5.74, 6) is -0.00785. The summed E-state index contributed by atoms with van der Waals surface area (Å²) >= 11 is 0. The first-order valence-electron chi connectivity index (χ1n) is 8.05. The fourth-order valence-electron chi connectivity index (χ4n) is 2.42. The molecule has 0 bridgehead atoms. The molecule has 2 aromatic carbocycles. The molecule has 0 fully saturated rings. The number of carbonyl (C=O) groups is 1. The molecule has 0 saturated heterocycles. The molecule has 0 atom stereocenters. The summed E-state index contributed by atoms with van der Waals surface area (Å²) < 4.78 is 73.7. The number of ether oxygens (including phenoxy) is 1. The predicted molar refractivity (Wildman–Crippen MR) is 97.8 cm³/mol. The van der Waals surface area contributed by atoms with Crippen LogP contribution in [0.15, 0.2) is 52.8 Å². The quantitative estimate of drug-likeness (QED) is 0.165. The van der Waals surface area contributed by atoms with Crippen LogP contribution < -0.4 is 69.2 Å². The summed E-state index contributed by atoms with van der Waals surface area (Å²) in [5, 5.41) is 2.67. The normalized spacial score (nSPS) is 11.1. The fourth-order valence-corrected chi connectivity index (χ4v) is 3.74. The molecule has 0 unspecified atom stereocenters. The molecular weight excluding hydrogens is 456 g/mol. The monoisotopic (exact) mass is 473 g/mol. The van der Waals surface area contributed by atoms with E-state index in [4.69, 9.17) is 4.74 Å². The number of amides is 1. The Morgan fingerprint density at radius 1 is 1.03 bits per heavy atom. The molecule has 0 aliphatic rings. The first-order chi connectivity index (χ1) is 13.0. The minimum Gasteiger partial charge on any atom is -0.744 e. The van der Waals surface area contributed by atoms with Gasteiger partial charge in [-0.3, -0.25) is 4.79 Å². The molecule has 0 radical (unpaired) electrons. The minimum atomic E-state index is -5.03. The first kappa shape index (κ1) is 29.5. The molecule has 0 heterocycles. The first-order valence-corrected chi connectivity index (χ1v) is 10.9. The number of unbranched alkanes of at least 4 members (excludes halogenated alkanes) is 1. The molecule has 13 heteroatoms. The van der Waals surface area contributed by atoms with Gasteiger partial charge in [-0.15, -0.1) is 0 Å². The summed E-state index contributed by atoms with van der Waals surface area (Å²) in [5.41, 5.74) is 0. The summed E-state index contributed by atoms with van der Waals surface area (Å²) in [6.07, 6.45) is 2.39. The van der Waals surface area contributed by atoms with Crippen molar-refractivity contribution in [1.82, 2.24) is 5.32 Å². The Kier molecular flexibility index (Phi) is 12.3. The van der Waals surface area contributed by atoms with Gasteiger partial charge in [0.1, 0.15) is 26.0 Å². The summed E-state index contributed by atoms with van der Waals surface area (Å²) in [6.45, 7) is 4.04. The zero-order chi connectivity index (χ0) is 20.9. The Morgan fingerprint density at radius 2 is 1.70 bits per heavy atom. The molecular formula is C17H17NNa2O8S2. The van der Waals surface area contributed by atoms with Crippen LogP contribution in [0.25, 0.3) is 10.8 Å². The van der Waals surface area contributed by atoms with Gasteiger partial charge < -0.3 is 19.2 Å². The van der Waals surface area contributed by atoms with Gasteiger partial charge in [0.15, 0.2) is 0 Å². The van der Waals surface area contributed by atoms with E-state index < -0.39 is 30.0 Å². The molecule has 2 aromatic rings. The van der Waals surface area contributed by atoms with E-state index in [0.717, 1.165) is 12.1 Å². The number of fused-ring (bicyclic) bond motifs is 1. The van der Waals surface area contributed by atoms with E-state index >= 15 is 0 Å². The summed E-state index contributed by atoms with van der Waals surface area (Å²) in [6, 6.07) is 5.67. The van der Waals surface area contributed by atoms with Gasteiger partial charge in [0.2, 0.25) is 5.91 Å². The molecule has 0 spiro atoms. The van der Waals surface area contributed by atoms with Crippen LogP contribution in [0.1, 0.15) is 12.8 Å². The van der Waals surface area contributed by atoms with Crippen molar-refractivity contribution in [2.45, 2.75) is 22.6 Å². The molecule has 0 aliphatic carbocycles. The summed E-state index contributed by atoms with van der Waals surface area (Å²) in [7, 11) is -9.97. The second-order valence-electron chi connectivity index (χ2n) is 5.76. The average Bonchev–Trinajstić information content (AvgIpc) is 2.61. The minimum absolute atomic E-state index is 0. The third kappa shape index (κ3) is 8.58. The molecule has 152 valence electrons. The van der Waals surface area contributed by atoms with Gasteiger partial charge >= 0.3 is 59.1 Å². The standard InChI is InChI=1S/C17H19NO8S2.2Na/c1-2-17(19)18-7-3-4-8-26-13-6-5-12-9-14(27(20,21)22)11-16(15(12)10-13)28(23,24)25;;/h2,5-6,9-11H,1,3-4,7-8H2,(H,18,19)(H,20,21,22)(H,23,24,25);;/q;2*+1/p-2. The van der Waals surface area contributed by atoms with Crippen LogP contribution in [-0.4, -0.2) is 45.0 Å². The van der Waals surface area contributed by atoms with Crippen LogP contribution in [0.5, 0.6) is 5.75 Å². The molecule has 0 aromatic heterocycles. The van der Waals surface area contributed by atoms with E-state index in [0.29, 0.717) is 25.5 Å². The van der Waals surface area contributed by atoms with Crippen molar-refractivity contribution in [2.75, 3.05) is 13.2 Å². The van der Waals surface area contributed by atoms with Crippen LogP contribution in [-0.2, 0) is 25.0 Å². The molecule has 1 amide bonds. The van der Waals surface area contributed by atoms with Crippen molar-refractivity contribution >= 4 is 36.9 Å². The Morgan fingerprint density at radius 3 is 2.27 bits per heavy atom. The van der Waals surface area contributed by atoms with Crippen molar-refractivity contribution in [1.29, 1.82) is 0 Å². The molecule has 30 heavy (non-hydrogen) atoms. The number of rotatable bonds is 9. The van der Waals surface area contributed by atoms with Gasteiger partial charge in [0.05, 0.1) is 16.4 Å². The van der Waals surface area contributed by atoms with Gasteiger partial charge in [0, 0.05) is 11.9 Å². The van der Waals surface area contributed by atoms with Crippen LogP contribution in [0, 0.1) is 0 Å².